The molecule has 3 aromatic rings. The molecule has 5 nitrogen and oxygen atoms in total. The maximum Gasteiger partial charge on any atom is 0.308 e. The van der Waals surface area contributed by atoms with Crippen LogP contribution in [0.3, 0.4) is 0 Å². The van der Waals surface area contributed by atoms with E-state index in [2.05, 4.69) is 15.2 Å². The smallest absolute Gasteiger partial charge is 0.308 e. The lowest BCUT2D eigenvalue weighted by Crippen LogP contribution is -1.96. The van der Waals surface area contributed by atoms with Crippen LogP contribution in [0.5, 0.6) is 0 Å². The van der Waals surface area contributed by atoms with Gasteiger partial charge in [-0.1, -0.05) is 41.5 Å². The molecule has 2 heterocycles. The summed E-state index contributed by atoms with van der Waals surface area (Å²) in [5, 5.41) is 7.83. The van der Waals surface area contributed by atoms with Crippen molar-refractivity contribution in [2.75, 3.05) is 0 Å². The zero-order valence-corrected chi connectivity index (χ0v) is 11.3. The Kier molecular flexibility index (Phi) is 3.64. The molecular formula is C14H11N3O2S. The minimum atomic E-state index is -1.36. The standard InChI is InChI=1S/C14H11N3O2S/c18-20(10-11-6-2-1-3-7-11)14-17-16-13(19-14)12-8-4-5-9-15-12/h1-9H,10H2. The van der Waals surface area contributed by atoms with Crippen LogP contribution in [0.1, 0.15) is 5.56 Å². The Bertz CT molecular complexity index is 714. The number of nitrogens with zero attached hydrogens (tertiary/aromatic N) is 3. The van der Waals surface area contributed by atoms with Crippen LogP contribution in [-0.4, -0.2) is 19.4 Å². The third-order valence-electron chi connectivity index (χ3n) is 2.63. The van der Waals surface area contributed by atoms with Gasteiger partial charge in [0.05, 0.1) is 5.75 Å². The zero-order chi connectivity index (χ0) is 13.8. The molecule has 1 atom stereocenters. The summed E-state index contributed by atoms with van der Waals surface area (Å²) in [5.74, 6) is 0.632. The number of pyridine rings is 1. The molecule has 0 saturated carbocycles. The summed E-state index contributed by atoms with van der Waals surface area (Å²) in [7, 11) is -1.36. The van der Waals surface area contributed by atoms with Crippen molar-refractivity contribution in [3.05, 3.63) is 60.3 Å². The van der Waals surface area contributed by atoms with Crippen LogP contribution in [0.4, 0.5) is 0 Å². The van der Waals surface area contributed by atoms with Crippen molar-refractivity contribution in [2.24, 2.45) is 0 Å². The molecule has 1 unspecified atom stereocenters. The highest BCUT2D eigenvalue weighted by Gasteiger charge is 2.15. The van der Waals surface area contributed by atoms with Crippen molar-refractivity contribution in [1.82, 2.24) is 15.2 Å². The molecule has 0 aliphatic heterocycles. The maximum absolute atomic E-state index is 12.2. The van der Waals surface area contributed by atoms with Crippen LogP contribution in [0.25, 0.3) is 11.6 Å². The third kappa shape index (κ3) is 2.80. The maximum atomic E-state index is 12.2. The minimum absolute atomic E-state index is 0.120. The molecule has 0 N–H and O–H groups in total. The number of aromatic nitrogens is 3. The van der Waals surface area contributed by atoms with Gasteiger partial charge in [-0.25, -0.2) is 4.21 Å². The molecule has 20 heavy (non-hydrogen) atoms. The Labute approximate surface area is 118 Å². The second kappa shape index (κ2) is 5.75. The van der Waals surface area contributed by atoms with E-state index in [4.69, 9.17) is 4.42 Å². The fourth-order valence-electron chi connectivity index (χ4n) is 1.68. The molecule has 0 aliphatic carbocycles. The van der Waals surface area contributed by atoms with E-state index in [1.165, 1.54) is 0 Å². The topological polar surface area (TPSA) is 68.9 Å². The Morgan fingerprint density at radius 3 is 2.55 bits per heavy atom. The summed E-state index contributed by atoms with van der Waals surface area (Å²) >= 11 is 0. The monoisotopic (exact) mass is 285 g/mol. The first-order chi connectivity index (χ1) is 9.83. The van der Waals surface area contributed by atoms with E-state index in [-0.39, 0.29) is 11.1 Å². The Morgan fingerprint density at radius 1 is 1.00 bits per heavy atom. The highest BCUT2D eigenvalue weighted by Crippen LogP contribution is 2.17. The molecule has 2 aromatic heterocycles. The van der Waals surface area contributed by atoms with Crippen molar-refractivity contribution >= 4 is 10.8 Å². The fraction of sp³-hybridized carbons (Fsp3) is 0.0714. The van der Waals surface area contributed by atoms with Crippen LogP contribution < -0.4 is 0 Å². The molecule has 0 aliphatic rings. The summed E-state index contributed by atoms with van der Waals surface area (Å²) in [6, 6.07) is 14.9. The quantitative estimate of drug-likeness (QED) is 0.736. The molecule has 0 amide bonds. The van der Waals surface area contributed by atoms with E-state index >= 15 is 0 Å². The van der Waals surface area contributed by atoms with Crippen LogP contribution in [0.2, 0.25) is 0 Å². The van der Waals surface area contributed by atoms with Gasteiger partial charge in [0.15, 0.2) is 0 Å². The number of hydrogen-bond donors (Lipinski definition) is 0. The highest BCUT2D eigenvalue weighted by molar-refractivity contribution is 7.84. The lowest BCUT2D eigenvalue weighted by Gasteiger charge is -1.97. The Balaban J connectivity index is 1.79. The molecule has 100 valence electrons. The van der Waals surface area contributed by atoms with Crippen molar-refractivity contribution < 1.29 is 8.63 Å². The SMILES string of the molecule is O=S(Cc1ccccc1)c1nnc(-c2ccccn2)o1. The van der Waals surface area contributed by atoms with Gasteiger partial charge in [-0.2, -0.15) is 0 Å². The first-order valence-corrected chi connectivity index (χ1v) is 7.32. The van der Waals surface area contributed by atoms with Gasteiger partial charge in [-0.3, -0.25) is 4.98 Å². The first-order valence-electron chi connectivity index (χ1n) is 6.00. The van der Waals surface area contributed by atoms with Gasteiger partial charge in [0.25, 0.3) is 5.89 Å². The highest BCUT2D eigenvalue weighted by atomic mass is 32.2. The summed E-state index contributed by atoms with van der Waals surface area (Å²) in [5.41, 5.74) is 1.53. The Hall–Kier alpha value is -2.34. The van der Waals surface area contributed by atoms with E-state index in [1.54, 1.807) is 18.3 Å². The van der Waals surface area contributed by atoms with Gasteiger partial charge in [-0.15, -0.1) is 5.10 Å². The van der Waals surface area contributed by atoms with Crippen LogP contribution in [0.15, 0.2) is 64.4 Å². The zero-order valence-electron chi connectivity index (χ0n) is 10.5. The van der Waals surface area contributed by atoms with Crippen LogP contribution in [0, 0.1) is 0 Å². The predicted octanol–water partition coefficient (Wildman–Crippen LogP) is 2.44. The van der Waals surface area contributed by atoms with Crippen molar-refractivity contribution in [2.45, 2.75) is 11.0 Å². The van der Waals surface area contributed by atoms with Gasteiger partial charge < -0.3 is 4.42 Å². The summed E-state index contributed by atoms with van der Waals surface area (Å²) < 4.78 is 17.6. The second-order valence-electron chi connectivity index (χ2n) is 4.06. The second-order valence-corrected chi connectivity index (χ2v) is 5.39. The van der Waals surface area contributed by atoms with Crippen molar-refractivity contribution in [3.63, 3.8) is 0 Å². The van der Waals surface area contributed by atoms with Crippen LogP contribution >= 0.6 is 0 Å². The molecule has 3 rings (SSSR count). The number of benzene rings is 1. The van der Waals surface area contributed by atoms with Gasteiger partial charge in [0, 0.05) is 6.20 Å². The van der Waals surface area contributed by atoms with E-state index < -0.39 is 10.8 Å². The number of rotatable bonds is 4. The lowest BCUT2D eigenvalue weighted by molar-refractivity contribution is 0.454. The lowest BCUT2D eigenvalue weighted by atomic mass is 10.2. The summed E-state index contributed by atoms with van der Waals surface area (Å²) in [4.78, 5) is 4.11. The van der Waals surface area contributed by atoms with Gasteiger partial charge in [0.2, 0.25) is 0 Å². The van der Waals surface area contributed by atoms with Crippen LogP contribution in [-0.2, 0) is 16.6 Å². The fourth-order valence-corrected chi connectivity index (χ4v) is 2.60. The molecule has 6 heteroatoms. The summed E-state index contributed by atoms with van der Waals surface area (Å²) in [6.45, 7) is 0. The molecule has 0 spiro atoms. The normalized spacial score (nSPS) is 12.2. The van der Waals surface area contributed by atoms with Gasteiger partial charge in [-0.05, 0) is 17.7 Å². The predicted molar refractivity (Wildman–Crippen MR) is 74.1 cm³/mol. The average molecular weight is 285 g/mol. The van der Waals surface area contributed by atoms with Gasteiger partial charge >= 0.3 is 5.22 Å². The molecular weight excluding hydrogens is 274 g/mol. The van der Waals surface area contributed by atoms with Crippen molar-refractivity contribution in [1.29, 1.82) is 0 Å². The molecule has 0 bridgehead atoms. The van der Waals surface area contributed by atoms with E-state index in [9.17, 15) is 4.21 Å². The van der Waals surface area contributed by atoms with E-state index in [1.807, 2.05) is 36.4 Å². The molecule has 0 saturated heterocycles. The van der Waals surface area contributed by atoms with E-state index in [0.717, 1.165) is 5.56 Å². The minimum Gasteiger partial charge on any atom is -0.408 e. The largest absolute Gasteiger partial charge is 0.408 e. The molecule has 0 fully saturated rings. The summed E-state index contributed by atoms with van der Waals surface area (Å²) in [6.07, 6.45) is 1.64. The molecule has 0 radical (unpaired) electrons. The first kappa shape index (κ1) is 12.7. The van der Waals surface area contributed by atoms with Gasteiger partial charge in [0.1, 0.15) is 16.5 Å². The Morgan fingerprint density at radius 2 is 1.80 bits per heavy atom. The van der Waals surface area contributed by atoms with Crippen molar-refractivity contribution in [3.8, 4) is 11.6 Å². The molecule has 1 aromatic carbocycles. The average Bonchev–Trinajstić information content (AvgIpc) is 2.99. The third-order valence-corrected chi connectivity index (χ3v) is 3.78. The van der Waals surface area contributed by atoms with E-state index in [0.29, 0.717) is 11.4 Å². The number of hydrogen-bond acceptors (Lipinski definition) is 5.